The second-order valence-electron chi connectivity index (χ2n) is 6.03. The van der Waals surface area contributed by atoms with Crippen LogP contribution in [0, 0.1) is 5.92 Å². The zero-order valence-corrected chi connectivity index (χ0v) is 13.0. The minimum atomic E-state index is 0.282. The molecule has 0 aromatic carbocycles. The van der Waals surface area contributed by atoms with Crippen LogP contribution in [0.25, 0.3) is 0 Å². The van der Waals surface area contributed by atoms with Crippen LogP contribution in [-0.4, -0.2) is 36.5 Å². The Morgan fingerprint density at radius 1 is 1.45 bits per heavy atom. The fraction of sp³-hybridized carbons (Fsp3) is 0.688. The predicted molar refractivity (Wildman–Crippen MR) is 83.3 cm³/mol. The highest BCUT2D eigenvalue weighted by Gasteiger charge is 2.35. The van der Waals surface area contributed by atoms with Gasteiger partial charge in [-0.05, 0) is 68.1 Å². The van der Waals surface area contributed by atoms with Crippen LogP contribution >= 0.6 is 11.3 Å². The predicted octanol–water partition coefficient (Wildman–Crippen LogP) is 2.91. The van der Waals surface area contributed by atoms with Gasteiger partial charge in [0.15, 0.2) is 0 Å². The van der Waals surface area contributed by atoms with E-state index in [-0.39, 0.29) is 5.91 Å². The molecule has 3 nitrogen and oxygen atoms in total. The summed E-state index contributed by atoms with van der Waals surface area (Å²) in [6, 6.07) is 2.61. The maximum absolute atomic E-state index is 12.9. The van der Waals surface area contributed by atoms with Crippen LogP contribution in [0.4, 0.5) is 0 Å². The Bertz CT molecular complexity index is 461. The van der Waals surface area contributed by atoms with Crippen LogP contribution in [0.2, 0.25) is 0 Å². The number of aryl methyl sites for hydroxylation is 1. The minimum absolute atomic E-state index is 0.282. The Hall–Kier alpha value is -0.870. The molecule has 1 N–H and O–H groups in total. The number of amides is 1. The van der Waals surface area contributed by atoms with Gasteiger partial charge in [0.1, 0.15) is 0 Å². The standard InChI is InChI=1S/C16H24N2OS/c1-2-13-7-9-20-15(13)16(19)18(14-5-6-14)11-12-4-3-8-17-10-12/h7,9,12,14,17H,2-6,8,10-11H2,1H3. The highest BCUT2D eigenvalue weighted by atomic mass is 32.1. The van der Waals surface area contributed by atoms with E-state index < -0.39 is 0 Å². The lowest BCUT2D eigenvalue weighted by atomic mass is 9.99. The fourth-order valence-corrected chi connectivity index (χ4v) is 4.02. The van der Waals surface area contributed by atoms with E-state index in [4.69, 9.17) is 0 Å². The molecule has 1 aromatic heterocycles. The molecule has 2 aliphatic rings. The normalized spacial score (nSPS) is 22.8. The van der Waals surface area contributed by atoms with Crippen molar-refractivity contribution < 1.29 is 4.79 Å². The molecular weight excluding hydrogens is 268 g/mol. The first-order valence-electron chi connectivity index (χ1n) is 7.87. The van der Waals surface area contributed by atoms with E-state index in [1.807, 2.05) is 0 Å². The number of hydrogen-bond acceptors (Lipinski definition) is 3. The smallest absolute Gasteiger partial charge is 0.264 e. The molecule has 1 aromatic rings. The van der Waals surface area contributed by atoms with Crippen molar-refractivity contribution in [1.29, 1.82) is 0 Å². The van der Waals surface area contributed by atoms with Crippen LogP contribution in [-0.2, 0) is 6.42 Å². The molecule has 4 heteroatoms. The molecule has 1 aliphatic heterocycles. The minimum Gasteiger partial charge on any atom is -0.335 e. The first kappa shape index (κ1) is 14.1. The molecular formula is C16H24N2OS. The molecule has 1 saturated carbocycles. The van der Waals surface area contributed by atoms with Crippen molar-refractivity contribution in [1.82, 2.24) is 10.2 Å². The third-order valence-corrected chi connectivity index (χ3v) is 5.37. The van der Waals surface area contributed by atoms with Crippen molar-refractivity contribution in [2.24, 2.45) is 5.92 Å². The molecule has 0 bridgehead atoms. The first-order chi connectivity index (χ1) is 9.79. The summed E-state index contributed by atoms with van der Waals surface area (Å²) in [4.78, 5) is 16.0. The number of carbonyl (C=O) groups is 1. The van der Waals surface area contributed by atoms with E-state index in [1.165, 1.54) is 31.2 Å². The fourth-order valence-electron chi connectivity index (χ4n) is 3.07. The third kappa shape index (κ3) is 3.07. The summed E-state index contributed by atoms with van der Waals surface area (Å²) in [6.45, 7) is 5.28. The summed E-state index contributed by atoms with van der Waals surface area (Å²) in [6.07, 6.45) is 5.84. The first-order valence-corrected chi connectivity index (χ1v) is 8.75. The number of piperidine rings is 1. The topological polar surface area (TPSA) is 32.3 Å². The van der Waals surface area contributed by atoms with E-state index in [0.717, 1.165) is 30.9 Å². The summed E-state index contributed by atoms with van der Waals surface area (Å²) in [5.41, 5.74) is 1.22. The van der Waals surface area contributed by atoms with E-state index in [2.05, 4.69) is 28.6 Å². The summed E-state index contributed by atoms with van der Waals surface area (Å²) in [5, 5.41) is 5.52. The van der Waals surface area contributed by atoms with Gasteiger partial charge in [-0.3, -0.25) is 4.79 Å². The van der Waals surface area contributed by atoms with Gasteiger partial charge in [-0.15, -0.1) is 11.3 Å². The number of hydrogen-bond donors (Lipinski definition) is 1. The number of thiophene rings is 1. The van der Waals surface area contributed by atoms with Crippen molar-refractivity contribution >= 4 is 17.2 Å². The molecule has 2 fully saturated rings. The lowest BCUT2D eigenvalue weighted by Crippen LogP contribution is -2.42. The lowest BCUT2D eigenvalue weighted by Gasteiger charge is -2.30. The molecule has 3 rings (SSSR count). The maximum atomic E-state index is 12.9. The van der Waals surface area contributed by atoms with Crippen LogP contribution in [0.15, 0.2) is 11.4 Å². The molecule has 0 spiro atoms. The summed E-state index contributed by atoms with van der Waals surface area (Å²) in [5.74, 6) is 0.920. The van der Waals surface area contributed by atoms with E-state index in [1.54, 1.807) is 11.3 Å². The van der Waals surface area contributed by atoms with E-state index >= 15 is 0 Å². The number of carbonyl (C=O) groups excluding carboxylic acids is 1. The molecule has 0 radical (unpaired) electrons. The second-order valence-corrected chi connectivity index (χ2v) is 6.95. The van der Waals surface area contributed by atoms with Crippen molar-refractivity contribution in [3.63, 3.8) is 0 Å². The Balaban J connectivity index is 1.71. The molecule has 2 heterocycles. The largest absolute Gasteiger partial charge is 0.335 e. The highest BCUT2D eigenvalue weighted by Crippen LogP contribution is 2.31. The summed E-state index contributed by atoms with van der Waals surface area (Å²) < 4.78 is 0. The molecule has 110 valence electrons. The van der Waals surface area contributed by atoms with Gasteiger partial charge in [-0.2, -0.15) is 0 Å². The van der Waals surface area contributed by atoms with Gasteiger partial charge in [-0.25, -0.2) is 0 Å². The number of rotatable bonds is 5. The van der Waals surface area contributed by atoms with E-state index in [9.17, 15) is 4.79 Å². The van der Waals surface area contributed by atoms with Gasteiger partial charge in [0.25, 0.3) is 5.91 Å². The quantitative estimate of drug-likeness (QED) is 0.905. The van der Waals surface area contributed by atoms with Crippen molar-refractivity contribution in [3.05, 3.63) is 21.9 Å². The molecule has 1 amide bonds. The SMILES string of the molecule is CCc1ccsc1C(=O)N(CC1CCCNC1)C1CC1. The Morgan fingerprint density at radius 3 is 2.95 bits per heavy atom. The summed E-state index contributed by atoms with van der Waals surface area (Å²) in [7, 11) is 0. The number of nitrogens with one attached hydrogen (secondary N) is 1. The maximum Gasteiger partial charge on any atom is 0.264 e. The highest BCUT2D eigenvalue weighted by molar-refractivity contribution is 7.12. The summed E-state index contributed by atoms with van der Waals surface area (Å²) >= 11 is 1.61. The molecule has 1 atom stereocenters. The molecule has 1 aliphatic carbocycles. The van der Waals surface area contributed by atoms with Crippen LogP contribution in [0.5, 0.6) is 0 Å². The third-order valence-electron chi connectivity index (χ3n) is 4.42. The Kier molecular flexibility index (Phi) is 4.41. The van der Waals surface area contributed by atoms with Crippen molar-refractivity contribution in [3.8, 4) is 0 Å². The molecule has 1 unspecified atom stereocenters. The zero-order chi connectivity index (χ0) is 13.9. The monoisotopic (exact) mass is 292 g/mol. The van der Waals surface area contributed by atoms with Gasteiger partial charge in [-0.1, -0.05) is 6.92 Å². The van der Waals surface area contributed by atoms with Gasteiger partial charge >= 0.3 is 0 Å². The Morgan fingerprint density at radius 2 is 2.30 bits per heavy atom. The van der Waals surface area contributed by atoms with Crippen LogP contribution < -0.4 is 5.32 Å². The van der Waals surface area contributed by atoms with Gasteiger partial charge < -0.3 is 10.2 Å². The van der Waals surface area contributed by atoms with E-state index in [0.29, 0.717) is 12.0 Å². The van der Waals surface area contributed by atoms with Crippen LogP contribution in [0.3, 0.4) is 0 Å². The number of nitrogens with zero attached hydrogens (tertiary/aromatic N) is 1. The van der Waals surface area contributed by atoms with Crippen LogP contribution in [0.1, 0.15) is 47.8 Å². The average Bonchev–Trinajstić information content (AvgIpc) is 3.21. The lowest BCUT2D eigenvalue weighted by molar-refractivity contribution is 0.0708. The van der Waals surface area contributed by atoms with Gasteiger partial charge in [0, 0.05) is 12.6 Å². The second kappa shape index (κ2) is 6.27. The molecule has 1 saturated heterocycles. The average molecular weight is 292 g/mol. The molecule has 20 heavy (non-hydrogen) atoms. The zero-order valence-electron chi connectivity index (χ0n) is 12.2. The van der Waals surface area contributed by atoms with Crippen molar-refractivity contribution in [2.75, 3.05) is 19.6 Å². The van der Waals surface area contributed by atoms with Gasteiger partial charge in [0.05, 0.1) is 4.88 Å². The Labute approximate surface area is 125 Å². The van der Waals surface area contributed by atoms with Gasteiger partial charge in [0.2, 0.25) is 0 Å². The van der Waals surface area contributed by atoms with Crippen molar-refractivity contribution in [2.45, 2.75) is 45.1 Å².